The van der Waals surface area contributed by atoms with E-state index in [4.69, 9.17) is 0 Å². The van der Waals surface area contributed by atoms with Crippen molar-refractivity contribution in [2.24, 2.45) is 0 Å². The van der Waals surface area contributed by atoms with Gasteiger partial charge >= 0.3 is 0 Å². The Bertz CT molecular complexity index is 651. The summed E-state index contributed by atoms with van der Waals surface area (Å²) in [5, 5.41) is 12.7. The molecule has 0 fully saturated rings. The van der Waals surface area contributed by atoms with Gasteiger partial charge in [0, 0.05) is 29.6 Å². The van der Waals surface area contributed by atoms with Gasteiger partial charge in [0.05, 0.1) is 11.5 Å². The highest BCUT2D eigenvalue weighted by atomic mass is 32.1. The maximum Gasteiger partial charge on any atom is 0.270 e. The van der Waals surface area contributed by atoms with E-state index in [0.29, 0.717) is 12.1 Å². The minimum atomic E-state index is -0.500. The van der Waals surface area contributed by atoms with E-state index in [-0.39, 0.29) is 11.6 Å². The lowest BCUT2D eigenvalue weighted by Gasteiger charge is -2.16. The number of nitro benzene ring substituents is 1. The third-order valence-corrected chi connectivity index (χ3v) is 4.01. The molecule has 0 unspecified atom stereocenters. The molecule has 1 aromatic heterocycles. The molecule has 1 aromatic carbocycles. The van der Waals surface area contributed by atoms with Crippen molar-refractivity contribution >= 4 is 22.9 Å². The van der Waals surface area contributed by atoms with Crippen molar-refractivity contribution in [2.75, 3.05) is 7.05 Å². The number of hydrogen-bond donors (Lipinski definition) is 0. The van der Waals surface area contributed by atoms with Crippen LogP contribution in [0.15, 0.2) is 35.7 Å². The molecule has 0 saturated heterocycles. The Labute approximate surface area is 120 Å². The van der Waals surface area contributed by atoms with Crippen molar-refractivity contribution < 1.29 is 9.72 Å². The number of aryl methyl sites for hydroxylation is 1. The Morgan fingerprint density at radius 3 is 2.75 bits per heavy atom. The maximum atomic E-state index is 12.3. The first-order chi connectivity index (χ1) is 9.49. The van der Waals surface area contributed by atoms with Crippen molar-refractivity contribution in [3.63, 3.8) is 0 Å². The zero-order valence-electron chi connectivity index (χ0n) is 11.2. The molecule has 0 bridgehead atoms. The SMILES string of the molecule is Cc1ccsc1CN(C)C(=O)c1cccc([N+](=O)[O-])c1. The zero-order chi connectivity index (χ0) is 14.7. The van der Waals surface area contributed by atoms with Gasteiger partial charge in [-0.3, -0.25) is 14.9 Å². The second kappa shape index (κ2) is 5.83. The number of amides is 1. The van der Waals surface area contributed by atoms with E-state index in [1.165, 1.54) is 18.2 Å². The van der Waals surface area contributed by atoms with Crippen LogP contribution in [-0.4, -0.2) is 22.8 Å². The van der Waals surface area contributed by atoms with E-state index in [9.17, 15) is 14.9 Å². The predicted molar refractivity (Wildman–Crippen MR) is 77.9 cm³/mol. The van der Waals surface area contributed by atoms with E-state index < -0.39 is 4.92 Å². The molecular formula is C14H14N2O3S. The van der Waals surface area contributed by atoms with Crippen LogP contribution in [0.2, 0.25) is 0 Å². The molecule has 0 aliphatic rings. The number of nitrogens with zero attached hydrogens (tertiary/aromatic N) is 2. The van der Waals surface area contributed by atoms with Gasteiger partial charge in [0.25, 0.3) is 11.6 Å². The molecule has 1 heterocycles. The monoisotopic (exact) mass is 290 g/mol. The molecule has 0 radical (unpaired) electrons. The van der Waals surface area contributed by atoms with Gasteiger partial charge in [-0.25, -0.2) is 0 Å². The van der Waals surface area contributed by atoms with Gasteiger partial charge in [0.1, 0.15) is 0 Å². The molecule has 0 saturated carbocycles. The van der Waals surface area contributed by atoms with Crippen LogP contribution in [0.4, 0.5) is 5.69 Å². The van der Waals surface area contributed by atoms with Crippen LogP contribution in [-0.2, 0) is 6.54 Å². The van der Waals surface area contributed by atoms with Gasteiger partial charge < -0.3 is 4.90 Å². The van der Waals surface area contributed by atoms with E-state index in [1.54, 1.807) is 29.4 Å². The third-order valence-electron chi connectivity index (χ3n) is 3.00. The summed E-state index contributed by atoms with van der Waals surface area (Å²) in [5.74, 6) is -0.221. The quantitative estimate of drug-likeness (QED) is 0.641. The highest BCUT2D eigenvalue weighted by Gasteiger charge is 2.16. The number of thiophene rings is 1. The van der Waals surface area contributed by atoms with E-state index in [2.05, 4.69) is 0 Å². The molecule has 0 atom stereocenters. The first kappa shape index (κ1) is 14.2. The average Bonchev–Trinajstić information content (AvgIpc) is 2.83. The van der Waals surface area contributed by atoms with Crippen molar-refractivity contribution in [1.82, 2.24) is 4.90 Å². The zero-order valence-corrected chi connectivity index (χ0v) is 12.0. The highest BCUT2D eigenvalue weighted by Crippen LogP contribution is 2.19. The number of carbonyl (C=O) groups is 1. The predicted octanol–water partition coefficient (Wildman–Crippen LogP) is 3.24. The van der Waals surface area contributed by atoms with Gasteiger partial charge in [-0.05, 0) is 30.0 Å². The standard InChI is InChI=1S/C14H14N2O3S/c1-10-6-7-20-13(10)9-15(2)14(17)11-4-3-5-12(8-11)16(18)19/h3-8H,9H2,1-2H3. The summed E-state index contributed by atoms with van der Waals surface area (Å²) in [4.78, 5) is 25.2. The van der Waals surface area contributed by atoms with Crippen LogP contribution >= 0.6 is 11.3 Å². The molecule has 0 spiro atoms. The summed E-state index contributed by atoms with van der Waals surface area (Å²) >= 11 is 1.60. The van der Waals surface area contributed by atoms with Gasteiger partial charge in [-0.1, -0.05) is 6.07 Å². The number of carbonyl (C=O) groups excluding carboxylic acids is 1. The van der Waals surface area contributed by atoms with Crippen LogP contribution in [0.3, 0.4) is 0 Å². The molecule has 20 heavy (non-hydrogen) atoms. The third kappa shape index (κ3) is 3.03. The number of non-ortho nitro benzene ring substituents is 1. The Kier molecular flexibility index (Phi) is 4.14. The van der Waals surface area contributed by atoms with Gasteiger partial charge in [-0.2, -0.15) is 0 Å². The van der Waals surface area contributed by atoms with E-state index in [1.807, 2.05) is 18.4 Å². The van der Waals surface area contributed by atoms with Crippen LogP contribution in [0.5, 0.6) is 0 Å². The topological polar surface area (TPSA) is 63.5 Å². The fourth-order valence-electron chi connectivity index (χ4n) is 1.83. The van der Waals surface area contributed by atoms with Crippen LogP contribution in [0, 0.1) is 17.0 Å². The lowest BCUT2D eigenvalue weighted by atomic mass is 10.1. The molecule has 104 valence electrons. The summed E-state index contributed by atoms with van der Waals surface area (Å²) in [6, 6.07) is 7.80. The Hall–Kier alpha value is -2.21. The minimum Gasteiger partial charge on any atom is -0.337 e. The lowest BCUT2D eigenvalue weighted by molar-refractivity contribution is -0.384. The van der Waals surface area contributed by atoms with E-state index in [0.717, 1.165) is 10.4 Å². The fourth-order valence-corrected chi connectivity index (χ4v) is 2.78. The number of nitro groups is 1. The molecule has 6 heteroatoms. The summed E-state index contributed by atoms with van der Waals surface area (Å²) < 4.78 is 0. The number of benzene rings is 1. The first-order valence-corrected chi connectivity index (χ1v) is 6.90. The Morgan fingerprint density at radius 2 is 2.15 bits per heavy atom. The summed E-state index contributed by atoms with van der Waals surface area (Å²) in [5.41, 5.74) is 1.40. The molecule has 0 aliphatic heterocycles. The summed E-state index contributed by atoms with van der Waals surface area (Å²) in [6.45, 7) is 2.50. The second-order valence-corrected chi connectivity index (χ2v) is 5.50. The Morgan fingerprint density at radius 1 is 1.40 bits per heavy atom. The molecule has 0 N–H and O–H groups in total. The van der Waals surface area contributed by atoms with Gasteiger partial charge in [-0.15, -0.1) is 11.3 Å². The smallest absolute Gasteiger partial charge is 0.270 e. The summed E-state index contributed by atoms with van der Waals surface area (Å²) in [6.07, 6.45) is 0. The number of hydrogen-bond acceptors (Lipinski definition) is 4. The Balaban J connectivity index is 2.16. The van der Waals surface area contributed by atoms with Gasteiger partial charge in [0.2, 0.25) is 0 Å². The van der Waals surface area contributed by atoms with Crippen molar-refractivity contribution in [1.29, 1.82) is 0 Å². The number of rotatable bonds is 4. The molecular weight excluding hydrogens is 276 g/mol. The minimum absolute atomic E-state index is 0.0726. The summed E-state index contributed by atoms with van der Waals surface area (Å²) in [7, 11) is 1.69. The van der Waals surface area contributed by atoms with E-state index >= 15 is 0 Å². The van der Waals surface area contributed by atoms with Crippen molar-refractivity contribution in [3.05, 3.63) is 61.8 Å². The highest BCUT2D eigenvalue weighted by molar-refractivity contribution is 7.10. The van der Waals surface area contributed by atoms with Gasteiger partial charge in [0.15, 0.2) is 0 Å². The lowest BCUT2D eigenvalue weighted by Crippen LogP contribution is -2.26. The van der Waals surface area contributed by atoms with Crippen LogP contribution in [0.25, 0.3) is 0 Å². The van der Waals surface area contributed by atoms with Crippen LogP contribution < -0.4 is 0 Å². The largest absolute Gasteiger partial charge is 0.337 e. The molecule has 2 aromatic rings. The first-order valence-electron chi connectivity index (χ1n) is 6.02. The average molecular weight is 290 g/mol. The normalized spacial score (nSPS) is 10.3. The molecule has 5 nitrogen and oxygen atoms in total. The molecule has 0 aliphatic carbocycles. The van der Waals surface area contributed by atoms with Crippen molar-refractivity contribution in [3.8, 4) is 0 Å². The second-order valence-electron chi connectivity index (χ2n) is 4.50. The van der Waals surface area contributed by atoms with Crippen molar-refractivity contribution in [2.45, 2.75) is 13.5 Å². The fraction of sp³-hybridized carbons (Fsp3) is 0.214. The maximum absolute atomic E-state index is 12.3. The molecule has 2 rings (SSSR count). The molecule has 1 amide bonds. The van der Waals surface area contributed by atoms with Crippen LogP contribution in [0.1, 0.15) is 20.8 Å².